The Balaban J connectivity index is 0.000001000. The van der Waals surface area contributed by atoms with Gasteiger partial charge in [-0.3, -0.25) is 0 Å². The molecule has 1 heterocycles. The summed E-state index contributed by atoms with van der Waals surface area (Å²) in [6.07, 6.45) is 0.696. The molecule has 0 radical (unpaired) electrons. The van der Waals surface area contributed by atoms with Crippen molar-refractivity contribution in [2.45, 2.75) is 6.42 Å². The fraction of sp³-hybridized carbons (Fsp3) is 1.00. The zero-order valence-corrected chi connectivity index (χ0v) is 9.26. The second kappa shape index (κ2) is 4.79. The number of hydrogen-bond acceptors (Lipinski definition) is 4. The molecule has 0 aromatic heterocycles. The summed E-state index contributed by atoms with van der Waals surface area (Å²) >= 11 is 0. The fourth-order valence-electron chi connectivity index (χ4n) is 1.00. The van der Waals surface area contributed by atoms with Crippen molar-refractivity contribution in [3.8, 4) is 0 Å². The Bertz CT molecular complexity index is 195. The summed E-state index contributed by atoms with van der Waals surface area (Å²) in [5.74, 6) is -0.338. The minimum absolute atomic E-state index is 0. The topological polar surface area (TPSA) is 66.4 Å². The van der Waals surface area contributed by atoms with E-state index in [1.54, 1.807) is 0 Å². The van der Waals surface area contributed by atoms with Crippen LogP contribution in [0.2, 0.25) is 0 Å². The van der Waals surface area contributed by atoms with Gasteiger partial charge < -0.3 is 9.29 Å². The molecule has 0 saturated carbocycles. The number of ether oxygens (including phenoxy) is 1. The summed E-state index contributed by atoms with van der Waals surface area (Å²) in [4.78, 5) is 0. The molecule has 1 aliphatic heterocycles. The Hall–Kier alpha value is 0.870. The first-order valence-corrected chi connectivity index (χ1v) is 4.67. The molecule has 0 spiro atoms. The molecule has 11 heavy (non-hydrogen) atoms. The summed E-state index contributed by atoms with van der Waals surface area (Å²) in [5, 5.41) is 0. The third kappa shape index (κ3) is 5.16. The summed E-state index contributed by atoms with van der Waals surface area (Å²) in [7, 11) is -4.04. The van der Waals surface area contributed by atoms with Crippen LogP contribution in [-0.2, 0) is 14.9 Å². The van der Waals surface area contributed by atoms with E-state index in [-0.39, 0.29) is 41.2 Å². The van der Waals surface area contributed by atoms with Gasteiger partial charge in [-0.2, -0.15) is 0 Å². The van der Waals surface area contributed by atoms with Gasteiger partial charge >= 0.3 is 29.6 Å². The molecule has 4 nitrogen and oxygen atoms in total. The van der Waals surface area contributed by atoms with Gasteiger partial charge in [0.1, 0.15) is 0 Å². The molecule has 0 aliphatic carbocycles. The van der Waals surface area contributed by atoms with Gasteiger partial charge in [0.2, 0.25) is 0 Å². The minimum atomic E-state index is -4.04. The molecule has 1 rings (SSSR count). The first kappa shape index (κ1) is 11.9. The van der Waals surface area contributed by atoms with Crippen molar-refractivity contribution in [3.05, 3.63) is 0 Å². The van der Waals surface area contributed by atoms with Crippen LogP contribution in [0.15, 0.2) is 0 Å². The summed E-state index contributed by atoms with van der Waals surface area (Å²) in [6, 6.07) is 0. The van der Waals surface area contributed by atoms with E-state index >= 15 is 0 Å². The maximum absolute atomic E-state index is 10.2. The van der Waals surface area contributed by atoms with E-state index < -0.39 is 10.1 Å². The van der Waals surface area contributed by atoms with Gasteiger partial charge in [-0.05, 0) is 12.3 Å². The second-order valence-corrected chi connectivity index (χ2v) is 3.90. The van der Waals surface area contributed by atoms with Crippen LogP contribution in [-0.4, -0.2) is 31.9 Å². The molecule has 1 saturated heterocycles. The molecule has 0 aromatic rings. The normalized spacial score (nSPS) is 24.6. The van der Waals surface area contributed by atoms with Crippen molar-refractivity contribution < 1.29 is 47.3 Å². The Kier molecular flexibility index (Phi) is 5.17. The average Bonchev–Trinajstić information content (AvgIpc) is 2.12. The quantitative estimate of drug-likeness (QED) is 0.334. The molecule has 0 amide bonds. The van der Waals surface area contributed by atoms with E-state index in [0.29, 0.717) is 19.6 Å². The van der Waals surface area contributed by atoms with E-state index in [0.717, 1.165) is 0 Å². The Morgan fingerprint density at radius 3 is 2.55 bits per heavy atom. The van der Waals surface area contributed by atoms with Crippen molar-refractivity contribution in [2.24, 2.45) is 5.92 Å². The van der Waals surface area contributed by atoms with Crippen LogP contribution >= 0.6 is 0 Å². The van der Waals surface area contributed by atoms with E-state index in [9.17, 15) is 13.0 Å². The molecular weight excluding hydrogens is 179 g/mol. The van der Waals surface area contributed by atoms with Crippen LogP contribution in [0.4, 0.5) is 0 Å². The minimum Gasteiger partial charge on any atom is -0.748 e. The molecule has 0 N–H and O–H groups in total. The first-order valence-electron chi connectivity index (χ1n) is 3.09. The van der Waals surface area contributed by atoms with Crippen LogP contribution in [0.1, 0.15) is 6.42 Å². The van der Waals surface area contributed by atoms with E-state index in [1.165, 1.54) is 0 Å². The van der Waals surface area contributed by atoms with Crippen molar-refractivity contribution in [1.29, 1.82) is 0 Å². The number of rotatable bonds is 2. The third-order valence-corrected chi connectivity index (χ3v) is 2.34. The van der Waals surface area contributed by atoms with Gasteiger partial charge in [0.25, 0.3) is 0 Å². The smallest absolute Gasteiger partial charge is 0.748 e. The van der Waals surface area contributed by atoms with Gasteiger partial charge in [0, 0.05) is 12.4 Å². The Morgan fingerprint density at radius 2 is 2.18 bits per heavy atom. The average molecular weight is 188 g/mol. The van der Waals surface area contributed by atoms with Crippen molar-refractivity contribution in [3.63, 3.8) is 0 Å². The molecule has 0 bridgehead atoms. The van der Waals surface area contributed by atoms with Crippen LogP contribution in [0, 0.1) is 5.92 Å². The van der Waals surface area contributed by atoms with Crippen LogP contribution in [0.5, 0.6) is 0 Å². The second-order valence-electron chi connectivity index (χ2n) is 2.45. The summed E-state index contributed by atoms with van der Waals surface area (Å²) in [6.45, 7) is 1.00. The molecule has 60 valence electrons. The zero-order chi connectivity index (χ0) is 7.61. The molecule has 6 heteroatoms. The van der Waals surface area contributed by atoms with Crippen molar-refractivity contribution >= 4 is 10.1 Å². The Labute approximate surface area is 88.3 Å². The van der Waals surface area contributed by atoms with Gasteiger partial charge in [0.05, 0.1) is 16.7 Å². The standard InChI is InChI=1S/C5H10O4S.Na/c6-10(7,8)4-5-1-2-9-3-5;/h5H,1-4H2,(H,6,7,8);/q;+1/p-1. The molecule has 1 unspecified atom stereocenters. The SMILES string of the molecule is O=S(=O)([O-])CC1CCOC1.[Na+]. The predicted molar refractivity (Wildman–Crippen MR) is 33.5 cm³/mol. The van der Waals surface area contributed by atoms with Gasteiger partial charge in [0.15, 0.2) is 0 Å². The van der Waals surface area contributed by atoms with Crippen molar-refractivity contribution in [2.75, 3.05) is 19.0 Å². The summed E-state index contributed by atoms with van der Waals surface area (Å²) in [5.41, 5.74) is 0. The maximum atomic E-state index is 10.2. The van der Waals surface area contributed by atoms with E-state index in [4.69, 9.17) is 4.74 Å². The molecule has 1 atom stereocenters. The zero-order valence-electron chi connectivity index (χ0n) is 6.45. The van der Waals surface area contributed by atoms with E-state index in [1.807, 2.05) is 0 Å². The number of hydrogen-bond donors (Lipinski definition) is 0. The first-order chi connectivity index (χ1) is 4.58. The van der Waals surface area contributed by atoms with Crippen LogP contribution in [0.3, 0.4) is 0 Å². The largest absolute Gasteiger partial charge is 1.00 e. The van der Waals surface area contributed by atoms with Crippen LogP contribution < -0.4 is 29.6 Å². The van der Waals surface area contributed by atoms with Gasteiger partial charge in [-0.15, -0.1) is 0 Å². The van der Waals surface area contributed by atoms with Gasteiger partial charge in [-0.1, -0.05) is 0 Å². The molecule has 1 fully saturated rings. The molecule has 0 aromatic carbocycles. The third-order valence-electron chi connectivity index (χ3n) is 1.46. The summed E-state index contributed by atoms with van der Waals surface area (Å²) < 4.78 is 35.4. The Morgan fingerprint density at radius 1 is 1.55 bits per heavy atom. The molecule has 1 aliphatic rings. The fourth-order valence-corrected chi connectivity index (χ4v) is 1.84. The molecular formula is C5H9NaO4S. The van der Waals surface area contributed by atoms with Crippen LogP contribution in [0.25, 0.3) is 0 Å². The van der Waals surface area contributed by atoms with Gasteiger partial charge in [-0.25, -0.2) is 8.42 Å². The van der Waals surface area contributed by atoms with Crippen molar-refractivity contribution in [1.82, 2.24) is 0 Å². The van der Waals surface area contributed by atoms with E-state index in [2.05, 4.69) is 0 Å². The maximum Gasteiger partial charge on any atom is 1.00 e. The monoisotopic (exact) mass is 188 g/mol. The predicted octanol–water partition coefficient (Wildman–Crippen LogP) is -3.43.